The molecule has 0 aromatic heterocycles. The van der Waals surface area contributed by atoms with Crippen LogP contribution in [0, 0.1) is 15.4 Å². The summed E-state index contributed by atoms with van der Waals surface area (Å²) >= 11 is 8.27. The van der Waals surface area contributed by atoms with Crippen molar-refractivity contribution in [2.45, 2.75) is 32.7 Å². The van der Waals surface area contributed by atoms with Gasteiger partial charge in [0.05, 0.1) is 0 Å². The molecule has 1 nitrogen and oxygen atoms in total. The smallest absolute Gasteiger partial charge is 0.0479 e. The van der Waals surface area contributed by atoms with E-state index in [1.54, 1.807) is 0 Å². The van der Waals surface area contributed by atoms with Crippen molar-refractivity contribution < 1.29 is 0 Å². The summed E-state index contributed by atoms with van der Waals surface area (Å²) in [6, 6.07) is 6.68. The van der Waals surface area contributed by atoms with E-state index < -0.39 is 0 Å². The first-order chi connectivity index (χ1) is 7.56. The van der Waals surface area contributed by atoms with E-state index in [-0.39, 0.29) is 0 Å². The van der Waals surface area contributed by atoms with Crippen molar-refractivity contribution in [1.82, 2.24) is 0 Å². The molecular weight excluding hydrogens is 333 g/mol. The lowest BCUT2D eigenvalue weighted by molar-refractivity contribution is 0.212. The van der Waals surface area contributed by atoms with E-state index in [9.17, 15) is 0 Å². The summed E-state index contributed by atoms with van der Waals surface area (Å²) in [5, 5.41) is 4.40. The van der Waals surface area contributed by atoms with E-state index in [1.165, 1.54) is 22.1 Å². The summed E-state index contributed by atoms with van der Waals surface area (Å²) in [7, 11) is 0. The first kappa shape index (κ1) is 12.5. The Bertz CT molecular complexity index is 372. The maximum atomic E-state index is 5.93. The maximum absolute atomic E-state index is 5.93. The van der Waals surface area contributed by atoms with Crippen molar-refractivity contribution in [3.63, 3.8) is 0 Å². The Morgan fingerprint density at radius 2 is 2.06 bits per heavy atom. The molecule has 16 heavy (non-hydrogen) atoms. The molecule has 0 amide bonds. The van der Waals surface area contributed by atoms with E-state index in [1.807, 2.05) is 12.1 Å². The molecule has 1 saturated carbocycles. The van der Waals surface area contributed by atoms with Gasteiger partial charge in [0, 0.05) is 20.3 Å². The third-order valence-corrected chi connectivity index (χ3v) is 4.54. The summed E-state index contributed by atoms with van der Waals surface area (Å²) in [4.78, 5) is 0. The van der Waals surface area contributed by atoms with Gasteiger partial charge in [0.25, 0.3) is 0 Å². The van der Waals surface area contributed by atoms with Crippen LogP contribution in [0.1, 0.15) is 26.7 Å². The second-order valence-electron chi connectivity index (χ2n) is 4.94. The Labute approximate surface area is 116 Å². The van der Waals surface area contributed by atoms with Crippen LogP contribution in [0.3, 0.4) is 0 Å². The highest BCUT2D eigenvalue weighted by Gasteiger charge is 2.31. The number of rotatable bonds is 3. The highest BCUT2D eigenvalue weighted by atomic mass is 127. The highest BCUT2D eigenvalue weighted by molar-refractivity contribution is 14.1. The quantitative estimate of drug-likeness (QED) is 0.774. The molecule has 1 aliphatic carbocycles. The number of benzene rings is 1. The summed E-state index contributed by atoms with van der Waals surface area (Å²) in [6.45, 7) is 4.62. The van der Waals surface area contributed by atoms with Crippen LogP contribution in [0.2, 0.25) is 5.02 Å². The lowest BCUT2D eigenvalue weighted by Crippen LogP contribution is -2.38. The van der Waals surface area contributed by atoms with Gasteiger partial charge in [-0.15, -0.1) is 0 Å². The molecular formula is C13H17ClIN. The number of halogens is 2. The van der Waals surface area contributed by atoms with Crippen molar-refractivity contribution in [3.05, 3.63) is 26.8 Å². The van der Waals surface area contributed by atoms with Gasteiger partial charge in [-0.25, -0.2) is 0 Å². The average Bonchev–Trinajstić information content (AvgIpc) is 2.12. The van der Waals surface area contributed by atoms with Gasteiger partial charge in [-0.1, -0.05) is 25.4 Å². The van der Waals surface area contributed by atoms with Gasteiger partial charge in [0.15, 0.2) is 0 Å². The summed E-state index contributed by atoms with van der Waals surface area (Å²) in [6.07, 6.45) is 2.60. The van der Waals surface area contributed by atoms with Gasteiger partial charge in [0.2, 0.25) is 0 Å². The Morgan fingerprint density at radius 1 is 1.38 bits per heavy atom. The van der Waals surface area contributed by atoms with E-state index in [2.05, 4.69) is 47.8 Å². The summed E-state index contributed by atoms with van der Waals surface area (Å²) < 4.78 is 1.21. The number of hydrogen-bond donors (Lipinski definition) is 1. The van der Waals surface area contributed by atoms with Crippen LogP contribution in [-0.4, -0.2) is 6.04 Å². The van der Waals surface area contributed by atoms with E-state index >= 15 is 0 Å². The summed E-state index contributed by atoms with van der Waals surface area (Å²) in [5.41, 5.74) is 1.22. The normalized spacial score (nSPS) is 24.3. The SMILES string of the molecule is CC(C)C1CC(Nc2ccc(Cl)cc2I)C1. The monoisotopic (exact) mass is 349 g/mol. The zero-order valence-electron chi connectivity index (χ0n) is 9.63. The molecule has 1 aliphatic rings. The zero-order chi connectivity index (χ0) is 11.7. The first-order valence-electron chi connectivity index (χ1n) is 5.78. The van der Waals surface area contributed by atoms with Crippen LogP contribution in [0.15, 0.2) is 18.2 Å². The molecule has 1 fully saturated rings. The van der Waals surface area contributed by atoms with Crippen LogP contribution in [0.5, 0.6) is 0 Å². The largest absolute Gasteiger partial charge is 0.381 e. The fraction of sp³-hybridized carbons (Fsp3) is 0.538. The third kappa shape index (κ3) is 2.83. The minimum absolute atomic E-state index is 0.655. The van der Waals surface area contributed by atoms with Gasteiger partial charge in [-0.05, 0) is 65.5 Å². The molecule has 1 aromatic carbocycles. The van der Waals surface area contributed by atoms with E-state index in [0.717, 1.165) is 16.9 Å². The molecule has 0 radical (unpaired) electrons. The molecule has 88 valence electrons. The molecule has 0 aliphatic heterocycles. The van der Waals surface area contributed by atoms with Crippen LogP contribution in [-0.2, 0) is 0 Å². The lowest BCUT2D eigenvalue weighted by Gasteiger charge is -2.39. The van der Waals surface area contributed by atoms with Crippen LogP contribution in [0.4, 0.5) is 5.69 Å². The number of nitrogens with one attached hydrogen (secondary N) is 1. The molecule has 0 atom stereocenters. The first-order valence-corrected chi connectivity index (χ1v) is 7.23. The molecule has 0 heterocycles. The molecule has 3 heteroatoms. The fourth-order valence-electron chi connectivity index (χ4n) is 2.15. The molecule has 0 bridgehead atoms. The number of hydrogen-bond acceptors (Lipinski definition) is 1. The van der Waals surface area contributed by atoms with Gasteiger partial charge in [-0.2, -0.15) is 0 Å². The van der Waals surface area contributed by atoms with Crippen molar-refractivity contribution in [2.24, 2.45) is 11.8 Å². The molecule has 0 saturated heterocycles. The molecule has 1 N–H and O–H groups in total. The standard InChI is InChI=1S/C13H17ClIN/c1-8(2)9-5-11(6-9)16-13-4-3-10(14)7-12(13)15/h3-4,7-9,11,16H,5-6H2,1-2H3. The van der Waals surface area contributed by atoms with Crippen molar-refractivity contribution in [3.8, 4) is 0 Å². The molecule has 0 unspecified atom stereocenters. The van der Waals surface area contributed by atoms with Gasteiger partial charge in [-0.3, -0.25) is 0 Å². The van der Waals surface area contributed by atoms with Crippen molar-refractivity contribution >= 4 is 39.9 Å². The predicted octanol–water partition coefficient (Wildman–Crippen LogP) is 4.79. The average molecular weight is 350 g/mol. The van der Waals surface area contributed by atoms with Gasteiger partial charge in [0.1, 0.15) is 0 Å². The second-order valence-corrected chi connectivity index (χ2v) is 6.54. The molecule has 2 rings (SSSR count). The summed E-state index contributed by atoms with van der Waals surface area (Å²) in [5.74, 6) is 1.73. The van der Waals surface area contributed by atoms with Crippen LogP contribution in [0.25, 0.3) is 0 Å². The molecule has 0 spiro atoms. The fourth-order valence-corrected chi connectivity index (χ4v) is 3.18. The predicted molar refractivity (Wildman–Crippen MR) is 79.1 cm³/mol. The minimum atomic E-state index is 0.655. The third-order valence-electron chi connectivity index (χ3n) is 3.41. The second kappa shape index (κ2) is 5.13. The Kier molecular flexibility index (Phi) is 4.01. The highest BCUT2D eigenvalue weighted by Crippen LogP contribution is 2.36. The Morgan fingerprint density at radius 3 is 2.62 bits per heavy atom. The molecule has 1 aromatic rings. The van der Waals surface area contributed by atoms with Crippen LogP contribution < -0.4 is 5.32 Å². The van der Waals surface area contributed by atoms with Crippen molar-refractivity contribution in [1.29, 1.82) is 0 Å². The van der Waals surface area contributed by atoms with Crippen molar-refractivity contribution in [2.75, 3.05) is 5.32 Å². The van der Waals surface area contributed by atoms with Crippen LogP contribution >= 0.6 is 34.2 Å². The Hall–Kier alpha value is 0.0400. The van der Waals surface area contributed by atoms with Gasteiger partial charge < -0.3 is 5.32 Å². The number of anilines is 1. The minimum Gasteiger partial charge on any atom is -0.381 e. The van der Waals surface area contributed by atoms with E-state index in [4.69, 9.17) is 11.6 Å². The maximum Gasteiger partial charge on any atom is 0.0479 e. The van der Waals surface area contributed by atoms with E-state index in [0.29, 0.717) is 6.04 Å². The zero-order valence-corrected chi connectivity index (χ0v) is 12.5. The lowest BCUT2D eigenvalue weighted by atomic mass is 9.73. The topological polar surface area (TPSA) is 12.0 Å². The van der Waals surface area contributed by atoms with Gasteiger partial charge >= 0.3 is 0 Å². The Balaban J connectivity index is 1.91.